The Morgan fingerprint density at radius 1 is 1.30 bits per heavy atom. The molecule has 0 amide bonds. The van der Waals surface area contributed by atoms with Gasteiger partial charge < -0.3 is 9.47 Å². The summed E-state index contributed by atoms with van der Waals surface area (Å²) in [6.45, 7) is 3.65. The van der Waals surface area contributed by atoms with Crippen LogP contribution >= 0.6 is 24.0 Å². The molecule has 1 aromatic rings. The molecule has 0 radical (unpaired) electrons. The van der Waals surface area contributed by atoms with Crippen molar-refractivity contribution in [2.75, 3.05) is 33.4 Å². The van der Waals surface area contributed by atoms with Gasteiger partial charge in [0.05, 0.1) is 20.3 Å². The van der Waals surface area contributed by atoms with Crippen molar-refractivity contribution in [1.29, 1.82) is 0 Å². The van der Waals surface area contributed by atoms with E-state index in [9.17, 15) is 0 Å². The Bertz CT molecular complexity index is 461. The summed E-state index contributed by atoms with van der Waals surface area (Å²) < 4.78 is 11.0. The minimum absolute atomic E-state index is 0. The molecular formula is C15H21Cl2NO2. The molecule has 1 fully saturated rings. The highest BCUT2D eigenvalue weighted by molar-refractivity contribution is 6.31. The van der Waals surface area contributed by atoms with Crippen LogP contribution in [0.2, 0.25) is 5.02 Å². The molecule has 0 N–H and O–H groups in total. The van der Waals surface area contributed by atoms with Gasteiger partial charge >= 0.3 is 0 Å². The average Bonchev–Trinajstić information content (AvgIpc) is 2.48. The molecule has 1 aromatic carbocycles. The van der Waals surface area contributed by atoms with Crippen molar-refractivity contribution in [2.45, 2.75) is 25.3 Å². The highest BCUT2D eigenvalue weighted by Crippen LogP contribution is 2.42. The quantitative estimate of drug-likeness (QED) is 0.833. The second-order valence-electron chi connectivity index (χ2n) is 5.20. The van der Waals surface area contributed by atoms with Crippen LogP contribution in [0, 0.1) is 0 Å². The van der Waals surface area contributed by atoms with Gasteiger partial charge in [0.2, 0.25) is 0 Å². The second kappa shape index (κ2) is 6.99. The summed E-state index contributed by atoms with van der Waals surface area (Å²) >= 11 is 6.47. The number of methoxy groups -OCH3 is 1. The number of nitrogens with zero attached hydrogens (tertiary/aromatic N) is 1. The maximum atomic E-state index is 6.47. The smallest absolute Gasteiger partial charge is 0.122 e. The molecule has 1 heterocycles. The van der Waals surface area contributed by atoms with E-state index in [0.717, 1.165) is 43.5 Å². The summed E-state index contributed by atoms with van der Waals surface area (Å²) in [6.07, 6.45) is 3.45. The van der Waals surface area contributed by atoms with Gasteiger partial charge in [0, 0.05) is 29.7 Å². The fourth-order valence-electron chi connectivity index (χ4n) is 3.30. The molecular weight excluding hydrogens is 297 g/mol. The van der Waals surface area contributed by atoms with E-state index in [-0.39, 0.29) is 12.4 Å². The zero-order valence-electron chi connectivity index (χ0n) is 11.7. The van der Waals surface area contributed by atoms with E-state index < -0.39 is 0 Å². The lowest BCUT2D eigenvalue weighted by Crippen LogP contribution is -2.40. The van der Waals surface area contributed by atoms with E-state index in [1.807, 2.05) is 12.1 Å². The zero-order chi connectivity index (χ0) is 13.2. The van der Waals surface area contributed by atoms with Crippen LogP contribution in [-0.2, 0) is 11.2 Å². The fourth-order valence-corrected chi connectivity index (χ4v) is 3.60. The van der Waals surface area contributed by atoms with Crippen LogP contribution in [-0.4, -0.2) is 38.3 Å². The van der Waals surface area contributed by atoms with Crippen LogP contribution < -0.4 is 4.74 Å². The molecule has 1 aliphatic carbocycles. The minimum Gasteiger partial charge on any atom is -0.496 e. The van der Waals surface area contributed by atoms with Gasteiger partial charge in [-0.15, -0.1) is 12.4 Å². The van der Waals surface area contributed by atoms with Crippen LogP contribution in [0.25, 0.3) is 0 Å². The van der Waals surface area contributed by atoms with E-state index >= 15 is 0 Å². The average molecular weight is 318 g/mol. The van der Waals surface area contributed by atoms with Crippen LogP contribution in [0.4, 0.5) is 0 Å². The topological polar surface area (TPSA) is 21.7 Å². The first-order valence-electron chi connectivity index (χ1n) is 6.98. The Hall–Kier alpha value is -0.480. The lowest BCUT2D eigenvalue weighted by atomic mass is 9.86. The van der Waals surface area contributed by atoms with E-state index in [1.54, 1.807) is 7.11 Å². The fraction of sp³-hybridized carbons (Fsp3) is 0.600. The molecule has 1 unspecified atom stereocenters. The van der Waals surface area contributed by atoms with Gasteiger partial charge in [0.15, 0.2) is 0 Å². The zero-order valence-corrected chi connectivity index (χ0v) is 13.3. The van der Waals surface area contributed by atoms with Crippen molar-refractivity contribution in [3.05, 3.63) is 28.3 Å². The standard InChI is InChI=1S/C15H20ClNO2.ClH/c1-18-14-6-5-12(16)15-11(14)3-2-4-13(15)17-7-9-19-10-8-17;/h5-6,13H,2-4,7-10H2,1H3;1H. The number of ether oxygens (including phenoxy) is 2. The molecule has 0 bridgehead atoms. The number of morpholine rings is 1. The molecule has 20 heavy (non-hydrogen) atoms. The maximum absolute atomic E-state index is 6.47. The number of halogens is 2. The molecule has 3 rings (SSSR count). The van der Waals surface area contributed by atoms with E-state index in [0.29, 0.717) is 6.04 Å². The third-order valence-electron chi connectivity index (χ3n) is 4.20. The van der Waals surface area contributed by atoms with Gasteiger partial charge in [-0.3, -0.25) is 4.90 Å². The van der Waals surface area contributed by atoms with E-state index in [2.05, 4.69) is 4.90 Å². The van der Waals surface area contributed by atoms with E-state index in [4.69, 9.17) is 21.1 Å². The molecule has 112 valence electrons. The van der Waals surface area contributed by atoms with Crippen molar-refractivity contribution >= 4 is 24.0 Å². The number of fused-ring (bicyclic) bond motifs is 1. The number of hydrogen-bond donors (Lipinski definition) is 0. The summed E-state index contributed by atoms with van der Waals surface area (Å²) in [5.74, 6) is 0.984. The highest BCUT2D eigenvalue weighted by Gasteiger charge is 2.30. The highest BCUT2D eigenvalue weighted by atomic mass is 35.5. The molecule has 0 spiro atoms. The Kier molecular flexibility index (Phi) is 5.56. The maximum Gasteiger partial charge on any atom is 0.122 e. The Labute approximate surface area is 131 Å². The van der Waals surface area contributed by atoms with Crippen molar-refractivity contribution < 1.29 is 9.47 Å². The normalized spacial score (nSPS) is 22.8. The van der Waals surface area contributed by atoms with Crippen molar-refractivity contribution in [2.24, 2.45) is 0 Å². The lowest BCUT2D eigenvalue weighted by molar-refractivity contribution is 0.0123. The lowest BCUT2D eigenvalue weighted by Gasteiger charge is -2.38. The van der Waals surface area contributed by atoms with Gasteiger partial charge in [-0.1, -0.05) is 11.6 Å². The van der Waals surface area contributed by atoms with Crippen molar-refractivity contribution in [3.8, 4) is 5.75 Å². The van der Waals surface area contributed by atoms with Gasteiger partial charge in [-0.25, -0.2) is 0 Å². The molecule has 0 aromatic heterocycles. The van der Waals surface area contributed by atoms with Gasteiger partial charge in [0.25, 0.3) is 0 Å². The molecule has 3 nitrogen and oxygen atoms in total. The summed E-state index contributed by atoms with van der Waals surface area (Å²) in [6, 6.07) is 4.39. The van der Waals surface area contributed by atoms with Crippen LogP contribution in [0.1, 0.15) is 30.0 Å². The van der Waals surface area contributed by atoms with Crippen LogP contribution in [0.5, 0.6) is 5.75 Å². The van der Waals surface area contributed by atoms with Gasteiger partial charge in [-0.05, 0) is 37.0 Å². The van der Waals surface area contributed by atoms with Gasteiger partial charge in [-0.2, -0.15) is 0 Å². The third-order valence-corrected chi connectivity index (χ3v) is 4.53. The first-order chi connectivity index (χ1) is 9.31. The second-order valence-corrected chi connectivity index (χ2v) is 5.61. The first kappa shape index (κ1) is 15.9. The number of hydrogen-bond acceptors (Lipinski definition) is 3. The monoisotopic (exact) mass is 317 g/mol. The number of benzene rings is 1. The minimum atomic E-state index is 0. The van der Waals surface area contributed by atoms with Crippen LogP contribution in [0.15, 0.2) is 12.1 Å². The number of rotatable bonds is 2. The van der Waals surface area contributed by atoms with Crippen molar-refractivity contribution in [3.63, 3.8) is 0 Å². The summed E-state index contributed by atoms with van der Waals surface area (Å²) in [4.78, 5) is 2.51. The molecule has 1 atom stereocenters. The molecule has 1 aliphatic heterocycles. The summed E-state index contributed by atoms with van der Waals surface area (Å²) in [7, 11) is 1.74. The van der Waals surface area contributed by atoms with Crippen LogP contribution in [0.3, 0.4) is 0 Å². The Balaban J connectivity index is 0.00000147. The summed E-state index contributed by atoms with van der Waals surface area (Å²) in [5, 5.41) is 0.881. The largest absolute Gasteiger partial charge is 0.496 e. The van der Waals surface area contributed by atoms with Crippen molar-refractivity contribution in [1.82, 2.24) is 4.90 Å². The Morgan fingerprint density at radius 2 is 2.05 bits per heavy atom. The van der Waals surface area contributed by atoms with Gasteiger partial charge in [0.1, 0.15) is 5.75 Å². The summed E-state index contributed by atoms with van der Waals surface area (Å²) in [5.41, 5.74) is 2.59. The SMILES string of the molecule is COc1ccc(Cl)c2c1CCCC2N1CCOCC1.Cl. The molecule has 2 aliphatic rings. The molecule has 5 heteroatoms. The first-order valence-corrected chi connectivity index (χ1v) is 7.36. The van der Waals surface area contributed by atoms with E-state index in [1.165, 1.54) is 24.0 Å². The molecule has 1 saturated heterocycles. The third kappa shape index (κ3) is 2.91. The predicted molar refractivity (Wildman–Crippen MR) is 83.3 cm³/mol. The Morgan fingerprint density at radius 3 is 2.75 bits per heavy atom. The molecule has 0 saturated carbocycles. The predicted octanol–water partition coefficient (Wildman–Crippen LogP) is 3.48.